The molecular formula is C19H16FN3O2. The molecule has 0 unspecified atom stereocenters. The summed E-state index contributed by atoms with van der Waals surface area (Å²) in [6.07, 6.45) is 0. The number of carbonyl (C=O) groups is 2. The zero-order valence-corrected chi connectivity index (χ0v) is 13.8. The van der Waals surface area contributed by atoms with Crippen LogP contribution in [0.15, 0.2) is 54.6 Å². The molecule has 0 aliphatic carbocycles. The van der Waals surface area contributed by atoms with Crippen molar-refractivity contribution in [2.45, 2.75) is 6.92 Å². The van der Waals surface area contributed by atoms with Crippen LogP contribution in [0.25, 0.3) is 0 Å². The van der Waals surface area contributed by atoms with Crippen LogP contribution < -0.4 is 5.32 Å². The summed E-state index contributed by atoms with van der Waals surface area (Å²) in [4.78, 5) is 25.2. The highest BCUT2D eigenvalue weighted by molar-refractivity contribution is 6.15. The number of hydrogen-bond acceptors (Lipinski definition) is 3. The second-order valence-corrected chi connectivity index (χ2v) is 5.59. The van der Waals surface area contributed by atoms with Gasteiger partial charge in [0.25, 0.3) is 5.91 Å². The number of anilines is 1. The fraction of sp³-hybridized carbons (Fsp3) is 0.105. The average molecular weight is 337 g/mol. The number of amides is 1. The Morgan fingerprint density at radius 2 is 1.64 bits per heavy atom. The molecule has 0 spiro atoms. The summed E-state index contributed by atoms with van der Waals surface area (Å²) >= 11 is 0. The van der Waals surface area contributed by atoms with Gasteiger partial charge < -0.3 is 5.32 Å². The second kappa shape index (κ2) is 6.68. The Bertz CT molecular complexity index is 931. The maximum Gasteiger partial charge on any atom is 0.256 e. The van der Waals surface area contributed by atoms with Crippen LogP contribution in [0.2, 0.25) is 0 Å². The quantitative estimate of drug-likeness (QED) is 0.743. The number of carbonyl (C=O) groups excluding carboxylic acids is 2. The smallest absolute Gasteiger partial charge is 0.256 e. The van der Waals surface area contributed by atoms with Crippen molar-refractivity contribution in [3.8, 4) is 0 Å². The fourth-order valence-electron chi connectivity index (χ4n) is 2.59. The summed E-state index contributed by atoms with van der Waals surface area (Å²) in [6.45, 7) is 1.69. The van der Waals surface area contributed by atoms with E-state index in [1.54, 1.807) is 38.2 Å². The fourth-order valence-corrected chi connectivity index (χ4v) is 2.59. The third kappa shape index (κ3) is 3.33. The van der Waals surface area contributed by atoms with Crippen molar-refractivity contribution in [2.24, 2.45) is 7.05 Å². The molecule has 126 valence electrons. The van der Waals surface area contributed by atoms with Gasteiger partial charge in [0.2, 0.25) is 0 Å². The van der Waals surface area contributed by atoms with Crippen molar-refractivity contribution in [1.29, 1.82) is 0 Å². The van der Waals surface area contributed by atoms with Crippen LogP contribution in [0.3, 0.4) is 0 Å². The van der Waals surface area contributed by atoms with Crippen molar-refractivity contribution < 1.29 is 14.0 Å². The third-order valence-electron chi connectivity index (χ3n) is 3.82. The van der Waals surface area contributed by atoms with Crippen LogP contribution >= 0.6 is 0 Å². The van der Waals surface area contributed by atoms with E-state index in [1.807, 2.05) is 6.07 Å². The molecule has 1 amide bonds. The van der Waals surface area contributed by atoms with Gasteiger partial charge in [-0.1, -0.05) is 18.2 Å². The molecule has 0 saturated heterocycles. The van der Waals surface area contributed by atoms with Gasteiger partial charge in [-0.15, -0.1) is 0 Å². The zero-order chi connectivity index (χ0) is 18.0. The Kier molecular flexibility index (Phi) is 4.43. The number of nitrogens with one attached hydrogen (secondary N) is 1. The highest BCUT2D eigenvalue weighted by Gasteiger charge is 2.23. The molecule has 0 aliphatic rings. The molecule has 3 rings (SSSR count). The van der Waals surface area contributed by atoms with Gasteiger partial charge in [0.15, 0.2) is 5.78 Å². The van der Waals surface area contributed by atoms with E-state index in [9.17, 15) is 14.0 Å². The second-order valence-electron chi connectivity index (χ2n) is 5.59. The van der Waals surface area contributed by atoms with Crippen LogP contribution in [0, 0.1) is 12.7 Å². The number of nitrogens with zero attached hydrogens (tertiary/aromatic N) is 2. The number of rotatable bonds is 4. The van der Waals surface area contributed by atoms with E-state index in [4.69, 9.17) is 0 Å². The van der Waals surface area contributed by atoms with Crippen LogP contribution in [0.1, 0.15) is 32.0 Å². The van der Waals surface area contributed by atoms with Crippen LogP contribution in [0.4, 0.5) is 10.2 Å². The van der Waals surface area contributed by atoms with E-state index in [0.717, 1.165) is 0 Å². The van der Waals surface area contributed by atoms with Gasteiger partial charge in [0.05, 0.1) is 11.3 Å². The number of aromatic nitrogens is 2. The lowest BCUT2D eigenvalue weighted by atomic mass is 10.0. The minimum Gasteiger partial charge on any atom is -0.306 e. The normalized spacial score (nSPS) is 10.5. The van der Waals surface area contributed by atoms with E-state index >= 15 is 0 Å². The topological polar surface area (TPSA) is 64.0 Å². The number of halogens is 1. The lowest BCUT2D eigenvalue weighted by Gasteiger charge is -2.08. The predicted octanol–water partition coefficient (Wildman–Crippen LogP) is 3.35. The van der Waals surface area contributed by atoms with Gasteiger partial charge in [0.1, 0.15) is 11.6 Å². The summed E-state index contributed by atoms with van der Waals surface area (Å²) in [6, 6.07) is 14.0. The SMILES string of the molecule is Cc1nn(C)c(NC(=O)c2ccccc2)c1C(=O)c1ccc(F)cc1. The first-order valence-corrected chi connectivity index (χ1v) is 7.67. The van der Waals surface area contributed by atoms with Crippen molar-refractivity contribution >= 4 is 17.5 Å². The highest BCUT2D eigenvalue weighted by atomic mass is 19.1. The number of benzene rings is 2. The Morgan fingerprint density at radius 1 is 1.00 bits per heavy atom. The van der Waals surface area contributed by atoms with Gasteiger partial charge in [-0.05, 0) is 43.3 Å². The Balaban J connectivity index is 1.97. The van der Waals surface area contributed by atoms with Crippen molar-refractivity contribution in [3.05, 3.63) is 82.8 Å². The average Bonchev–Trinajstić information content (AvgIpc) is 2.89. The lowest BCUT2D eigenvalue weighted by molar-refractivity contribution is 0.102. The minimum absolute atomic E-state index is 0.290. The van der Waals surface area contributed by atoms with Gasteiger partial charge in [-0.25, -0.2) is 4.39 Å². The molecule has 0 atom stereocenters. The highest BCUT2D eigenvalue weighted by Crippen LogP contribution is 2.23. The molecular weight excluding hydrogens is 321 g/mol. The van der Waals surface area contributed by atoms with Crippen LogP contribution in [-0.4, -0.2) is 21.5 Å². The number of aryl methyl sites for hydroxylation is 2. The molecule has 0 saturated carbocycles. The number of ketones is 1. The van der Waals surface area contributed by atoms with E-state index in [-0.39, 0.29) is 11.7 Å². The van der Waals surface area contributed by atoms with Gasteiger partial charge in [-0.3, -0.25) is 14.3 Å². The summed E-state index contributed by atoms with van der Waals surface area (Å²) < 4.78 is 14.5. The van der Waals surface area contributed by atoms with E-state index in [1.165, 1.54) is 28.9 Å². The van der Waals surface area contributed by atoms with Gasteiger partial charge in [0, 0.05) is 18.2 Å². The standard InChI is InChI=1S/C19H16FN3O2/c1-12-16(17(24)13-8-10-15(20)11-9-13)18(23(2)22-12)21-19(25)14-6-4-3-5-7-14/h3-11H,1-2H3,(H,21,25). The maximum absolute atomic E-state index is 13.1. The molecule has 1 aromatic heterocycles. The van der Waals surface area contributed by atoms with Crippen molar-refractivity contribution in [3.63, 3.8) is 0 Å². The molecule has 0 fully saturated rings. The summed E-state index contributed by atoms with van der Waals surface area (Å²) in [5.41, 5.74) is 1.58. The molecule has 5 nitrogen and oxygen atoms in total. The Hall–Kier alpha value is -3.28. The molecule has 1 N–H and O–H groups in total. The molecule has 2 aromatic carbocycles. The molecule has 0 aliphatic heterocycles. The summed E-state index contributed by atoms with van der Waals surface area (Å²) in [5, 5.41) is 6.97. The Morgan fingerprint density at radius 3 is 2.28 bits per heavy atom. The van der Waals surface area contributed by atoms with Crippen molar-refractivity contribution in [2.75, 3.05) is 5.32 Å². The lowest BCUT2D eigenvalue weighted by Crippen LogP contribution is -2.17. The molecule has 0 radical (unpaired) electrons. The first-order valence-electron chi connectivity index (χ1n) is 7.67. The first kappa shape index (κ1) is 16.6. The van der Waals surface area contributed by atoms with Gasteiger partial charge in [-0.2, -0.15) is 5.10 Å². The van der Waals surface area contributed by atoms with Crippen LogP contribution in [0.5, 0.6) is 0 Å². The van der Waals surface area contributed by atoms with Gasteiger partial charge >= 0.3 is 0 Å². The zero-order valence-electron chi connectivity index (χ0n) is 13.8. The molecule has 3 aromatic rings. The summed E-state index contributed by atoms with van der Waals surface area (Å²) in [7, 11) is 1.65. The monoisotopic (exact) mass is 337 g/mol. The number of hydrogen-bond donors (Lipinski definition) is 1. The van der Waals surface area contributed by atoms with Crippen LogP contribution in [-0.2, 0) is 7.05 Å². The Labute approximate surface area is 144 Å². The molecule has 0 bridgehead atoms. The largest absolute Gasteiger partial charge is 0.306 e. The maximum atomic E-state index is 13.1. The van der Waals surface area contributed by atoms with E-state index in [2.05, 4.69) is 10.4 Å². The first-order chi connectivity index (χ1) is 12.0. The molecule has 25 heavy (non-hydrogen) atoms. The molecule has 1 heterocycles. The molecule has 6 heteroatoms. The predicted molar refractivity (Wildman–Crippen MR) is 92.2 cm³/mol. The van der Waals surface area contributed by atoms with E-state index in [0.29, 0.717) is 28.2 Å². The minimum atomic E-state index is -0.419. The van der Waals surface area contributed by atoms with Crippen molar-refractivity contribution in [1.82, 2.24) is 9.78 Å². The van der Waals surface area contributed by atoms with E-state index < -0.39 is 5.82 Å². The summed E-state index contributed by atoms with van der Waals surface area (Å²) in [5.74, 6) is -0.775. The third-order valence-corrected chi connectivity index (χ3v) is 3.82.